The Morgan fingerprint density at radius 1 is 1.31 bits per heavy atom. The van der Waals surface area contributed by atoms with Crippen molar-refractivity contribution in [1.29, 1.82) is 0 Å². The first kappa shape index (κ1) is 7.79. The van der Waals surface area contributed by atoms with Gasteiger partial charge in [0.15, 0.2) is 0 Å². The Labute approximate surface area is 75.5 Å². The zero-order valence-electron chi connectivity index (χ0n) is 7.18. The smallest absolute Gasteiger partial charge is 0.138 e. The van der Waals surface area contributed by atoms with E-state index in [0.29, 0.717) is 0 Å². The lowest BCUT2D eigenvalue weighted by Crippen LogP contribution is -1.97. The standard InChI is InChI=1S/C9H9N3O/c1-7-10-4-5-12(7)9-3-2-8(13)6-11-9/h2-6,13H,1H3. The number of aromatic hydroxyl groups is 1. The molecule has 0 saturated heterocycles. The topological polar surface area (TPSA) is 50.9 Å². The van der Waals surface area contributed by atoms with Crippen LogP contribution in [0.3, 0.4) is 0 Å². The normalized spacial score (nSPS) is 10.2. The van der Waals surface area contributed by atoms with E-state index >= 15 is 0 Å². The van der Waals surface area contributed by atoms with Crippen molar-refractivity contribution in [3.63, 3.8) is 0 Å². The molecule has 66 valence electrons. The van der Waals surface area contributed by atoms with E-state index in [9.17, 15) is 0 Å². The Kier molecular flexibility index (Phi) is 1.73. The lowest BCUT2D eigenvalue weighted by molar-refractivity contribution is 0.472. The van der Waals surface area contributed by atoms with Crippen molar-refractivity contribution in [1.82, 2.24) is 14.5 Å². The largest absolute Gasteiger partial charge is 0.506 e. The molecule has 0 unspecified atom stereocenters. The van der Waals surface area contributed by atoms with Crippen LogP contribution in [-0.2, 0) is 0 Å². The Balaban J connectivity index is 2.47. The van der Waals surface area contributed by atoms with Gasteiger partial charge in [-0.15, -0.1) is 0 Å². The van der Waals surface area contributed by atoms with Gasteiger partial charge >= 0.3 is 0 Å². The minimum Gasteiger partial charge on any atom is -0.506 e. The van der Waals surface area contributed by atoms with Gasteiger partial charge in [0.25, 0.3) is 0 Å². The van der Waals surface area contributed by atoms with Crippen LogP contribution in [0, 0.1) is 6.92 Å². The summed E-state index contributed by atoms with van der Waals surface area (Å²) in [6.45, 7) is 1.90. The number of imidazole rings is 1. The third-order valence-corrected chi connectivity index (χ3v) is 1.80. The number of hydrogen-bond donors (Lipinski definition) is 1. The van der Waals surface area contributed by atoms with Gasteiger partial charge in [0.2, 0.25) is 0 Å². The number of aryl methyl sites for hydroxylation is 1. The van der Waals surface area contributed by atoms with Crippen LogP contribution >= 0.6 is 0 Å². The Morgan fingerprint density at radius 3 is 2.69 bits per heavy atom. The van der Waals surface area contributed by atoms with E-state index in [1.54, 1.807) is 18.3 Å². The summed E-state index contributed by atoms with van der Waals surface area (Å²) in [6.07, 6.45) is 4.95. The Hall–Kier alpha value is -1.84. The van der Waals surface area contributed by atoms with Crippen LogP contribution in [0.2, 0.25) is 0 Å². The minimum atomic E-state index is 0.168. The first-order valence-corrected chi connectivity index (χ1v) is 3.93. The molecule has 0 atom stereocenters. The molecule has 0 saturated carbocycles. The second-order valence-corrected chi connectivity index (χ2v) is 2.72. The molecule has 0 aromatic carbocycles. The average Bonchev–Trinajstić information content (AvgIpc) is 2.53. The predicted molar refractivity (Wildman–Crippen MR) is 47.8 cm³/mol. The van der Waals surface area contributed by atoms with Gasteiger partial charge in [-0.1, -0.05) is 0 Å². The molecule has 2 heterocycles. The summed E-state index contributed by atoms with van der Waals surface area (Å²) in [5.74, 6) is 1.80. The highest BCUT2D eigenvalue weighted by molar-refractivity contribution is 5.28. The van der Waals surface area contributed by atoms with Crippen molar-refractivity contribution in [3.05, 3.63) is 36.5 Å². The van der Waals surface area contributed by atoms with Gasteiger partial charge in [0, 0.05) is 12.4 Å². The quantitative estimate of drug-likeness (QED) is 0.710. The summed E-state index contributed by atoms with van der Waals surface area (Å²) in [6, 6.07) is 3.34. The molecule has 0 aliphatic carbocycles. The fourth-order valence-electron chi connectivity index (χ4n) is 1.14. The van der Waals surface area contributed by atoms with Crippen molar-refractivity contribution in [2.45, 2.75) is 6.92 Å². The molecule has 4 heteroatoms. The van der Waals surface area contributed by atoms with E-state index in [2.05, 4.69) is 9.97 Å². The second kappa shape index (κ2) is 2.90. The highest BCUT2D eigenvalue weighted by Crippen LogP contribution is 2.10. The van der Waals surface area contributed by atoms with Crippen LogP contribution in [0.1, 0.15) is 5.82 Å². The van der Waals surface area contributed by atoms with Crippen molar-refractivity contribution in [2.24, 2.45) is 0 Å². The van der Waals surface area contributed by atoms with E-state index < -0.39 is 0 Å². The van der Waals surface area contributed by atoms with E-state index in [1.807, 2.05) is 17.7 Å². The van der Waals surface area contributed by atoms with E-state index in [-0.39, 0.29) is 5.75 Å². The monoisotopic (exact) mass is 175 g/mol. The van der Waals surface area contributed by atoms with Gasteiger partial charge in [-0.2, -0.15) is 0 Å². The summed E-state index contributed by atoms with van der Waals surface area (Å²) in [5, 5.41) is 9.04. The number of rotatable bonds is 1. The maximum absolute atomic E-state index is 9.04. The van der Waals surface area contributed by atoms with Gasteiger partial charge in [0.05, 0.1) is 6.20 Å². The zero-order valence-corrected chi connectivity index (χ0v) is 7.18. The van der Waals surface area contributed by atoms with Crippen LogP contribution in [0.4, 0.5) is 0 Å². The SMILES string of the molecule is Cc1nccn1-c1ccc(O)cn1. The summed E-state index contributed by atoms with van der Waals surface area (Å²) in [7, 11) is 0. The van der Waals surface area contributed by atoms with Crippen molar-refractivity contribution >= 4 is 0 Å². The van der Waals surface area contributed by atoms with Gasteiger partial charge in [0.1, 0.15) is 17.4 Å². The minimum absolute atomic E-state index is 0.168. The molecule has 2 rings (SSSR count). The van der Waals surface area contributed by atoms with Gasteiger partial charge in [-0.3, -0.25) is 4.57 Å². The molecule has 0 radical (unpaired) electrons. The molecule has 0 fully saturated rings. The molecular formula is C9H9N3O. The van der Waals surface area contributed by atoms with Gasteiger partial charge < -0.3 is 5.11 Å². The average molecular weight is 175 g/mol. The lowest BCUT2D eigenvalue weighted by Gasteiger charge is -2.02. The number of hydrogen-bond acceptors (Lipinski definition) is 3. The summed E-state index contributed by atoms with van der Waals surface area (Å²) < 4.78 is 1.85. The fraction of sp³-hybridized carbons (Fsp3) is 0.111. The molecule has 2 aromatic rings. The summed E-state index contributed by atoms with van der Waals surface area (Å²) >= 11 is 0. The maximum Gasteiger partial charge on any atom is 0.138 e. The zero-order chi connectivity index (χ0) is 9.26. The lowest BCUT2D eigenvalue weighted by atomic mass is 10.4. The third-order valence-electron chi connectivity index (χ3n) is 1.80. The molecule has 4 nitrogen and oxygen atoms in total. The number of nitrogens with zero attached hydrogens (tertiary/aromatic N) is 3. The van der Waals surface area contributed by atoms with Crippen LogP contribution in [0.25, 0.3) is 5.82 Å². The van der Waals surface area contributed by atoms with Crippen LogP contribution in [-0.4, -0.2) is 19.6 Å². The highest BCUT2D eigenvalue weighted by Gasteiger charge is 2.00. The molecule has 13 heavy (non-hydrogen) atoms. The van der Waals surface area contributed by atoms with Crippen LogP contribution in [0.5, 0.6) is 5.75 Å². The maximum atomic E-state index is 9.04. The van der Waals surface area contributed by atoms with Crippen molar-refractivity contribution < 1.29 is 5.11 Å². The first-order valence-electron chi connectivity index (χ1n) is 3.93. The molecule has 1 N–H and O–H groups in total. The Bertz CT molecular complexity index is 405. The second-order valence-electron chi connectivity index (χ2n) is 2.72. The molecular weight excluding hydrogens is 166 g/mol. The third kappa shape index (κ3) is 1.38. The van der Waals surface area contributed by atoms with E-state index in [0.717, 1.165) is 11.6 Å². The fourth-order valence-corrected chi connectivity index (χ4v) is 1.14. The van der Waals surface area contributed by atoms with E-state index in [1.165, 1.54) is 6.20 Å². The molecule has 0 aliphatic heterocycles. The van der Waals surface area contributed by atoms with E-state index in [4.69, 9.17) is 5.11 Å². The first-order chi connectivity index (χ1) is 6.27. The van der Waals surface area contributed by atoms with Gasteiger partial charge in [-0.05, 0) is 19.1 Å². The molecule has 0 bridgehead atoms. The van der Waals surface area contributed by atoms with Crippen molar-refractivity contribution in [3.8, 4) is 11.6 Å². The van der Waals surface area contributed by atoms with Gasteiger partial charge in [-0.25, -0.2) is 9.97 Å². The van der Waals surface area contributed by atoms with Crippen LogP contribution < -0.4 is 0 Å². The Morgan fingerprint density at radius 2 is 2.15 bits per heavy atom. The molecule has 2 aromatic heterocycles. The predicted octanol–water partition coefficient (Wildman–Crippen LogP) is 1.28. The molecule has 0 aliphatic rings. The highest BCUT2D eigenvalue weighted by atomic mass is 16.3. The number of aromatic nitrogens is 3. The summed E-state index contributed by atoms with van der Waals surface area (Å²) in [5.41, 5.74) is 0. The summed E-state index contributed by atoms with van der Waals surface area (Å²) in [4.78, 5) is 8.13. The van der Waals surface area contributed by atoms with Crippen molar-refractivity contribution in [2.75, 3.05) is 0 Å². The molecule has 0 spiro atoms. The van der Waals surface area contributed by atoms with Crippen LogP contribution in [0.15, 0.2) is 30.7 Å². The molecule has 0 amide bonds. The number of pyridine rings is 1.